The molecule has 1 saturated carbocycles. The lowest BCUT2D eigenvalue weighted by atomic mass is 9.84. The van der Waals surface area contributed by atoms with Crippen LogP contribution in [0.15, 0.2) is 32.8 Å². The highest BCUT2D eigenvalue weighted by Crippen LogP contribution is 2.47. The van der Waals surface area contributed by atoms with Crippen LogP contribution in [0.1, 0.15) is 73.5 Å². The molecule has 2 fully saturated rings. The second-order valence-electron chi connectivity index (χ2n) is 7.95. The fourth-order valence-electron chi connectivity index (χ4n) is 4.43. The number of hydrogen-bond acceptors (Lipinski definition) is 5. The van der Waals surface area contributed by atoms with Gasteiger partial charge in [-0.3, -0.25) is 0 Å². The molecular weight excluding hydrogens is 360 g/mol. The van der Waals surface area contributed by atoms with Gasteiger partial charge in [-0.05, 0) is 61.8 Å². The first kappa shape index (κ1) is 18.8. The van der Waals surface area contributed by atoms with Crippen molar-refractivity contribution in [1.29, 1.82) is 0 Å². The van der Waals surface area contributed by atoms with Crippen LogP contribution in [0, 0.1) is 11.8 Å². The van der Waals surface area contributed by atoms with Gasteiger partial charge in [0.2, 0.25) is 0 Å². The van der Waals surface area contributed by atoms with Crippen LogP contribution in [0.25, 0.3) is 0 Å². The maximum absolute atomic E-state index is 12.9. The Balaban J connectivity index is 1.62. The molecule has 2 atom stereocenters. The van der Waals surface area contributed by atoms with Crippen LogP contribution in [0.2, 0.25) is 0 Å². The summed E-state index contributed by atoms with van der Waals surface area (Å²) >= 11 is 1.61. The fraction of sp³-hybridized carbons (Fsp3) is 0.591. The minimum atomic E-state index is -0.372. The van der Waals surface area contributed by atoms with Crippen molar-refractivity contribution in [2.75, 3.05) is 13.2 Å². The first-order valence-corrected chi connectivity index (χ1v) is 11.0. The molecule has 2 aliphatic rings. The second kappa shape index (κ2) is 8.19. The summed E-state index contributed by atoms with van der Waals surface area (Å²) < 4.78 is 11.3. The van der Waals surface area contributed by atoms with Crippen molar-refractivity contribution in [2.45, 2.75) is 57.3 Å². The van der Waals surface area contributed by atoms with Crippen LogP contribution < -0.4 is 5.63 Å². The van der Waals surface area contributed by atoms with Gasteiger partial charge in [0.25, 0.3) is 0 Å². The predicted octanol–water partition coefficient (Wildman–Crippen LogP) is 5.26. The van der Waals surface area contributed by atoms with Crippen molar-refractivity contribution >= 4 is 11.3 Å². The van der Waals surface area contributed by atoms with Gasteiger partial charge in [0, 0.05) is 36.0 Å². The summed E-state index contributed by atoms with van der Waals surface area (Å²) in [5.74, 6) is 2.11. The smallest absolute Gasteiger partial charge is 0.343 e. The molecule has 5 heteroatoms. The van der Waals surface area contributed by atoms with Crippen molar-refractivity contribution in [3.8, 4) is 5.75 Å². The normalized spacial score (nSPS) is 20.5. The Kier molecular flexibility index (Phi) is 5.69. The summed E-state index contributed by atoms with van der Waals surface area (Å²) in [6, 6.07) is 5.73. The van der Waals surface area contributed by atoms with Crippen LogP contribution in [-0.2, 0) is 4.74 Å². The van der Waals surface area contributed by atoms with E-state index < -0.39 is 0 Å². The minimum absolute atomic E-state index is 0.0964. The topological polar surface area (TPSA) is 59.7 Å². The van der Waals surface area contributed by atoms with Gasteiger partial charge >= 0.3 is 5.63 Å². The number of rotatable bonds is 7. The molecule has 3 heterocycles. The van der Waals surface area contributed by atoms with Crippen molar-refractivity contribution in [3.05, 3.63) is 50.2 Å². The van der Waals surface area contributed by atoms with Crippen molar-refractivity contribution in [1.82, 2.24) is 0 Å². The van der Waals surface area contributed by atoms with Crippen LogP contribution in [0.3, 0.4) is 0 Å². The van der Waals surface area contributed by atoms with Crippen LogP contribution in [0.5, 0.6) is 5.75 Å². The Bertz CT molecular complexity index is 800. The first-order chi connectivity index (χ1) is 13.2. The van der Waals surface area contributed by atoms with E-state index in [0.29, 0.717) is 23.2 Å². The highest BCUT2D eigenvalue weighted by molar-refractivity contribution is 7.10. The zero-order chi connectivity index (χ0) is 18.8. The molecule has 0 amide bonds. The summed E-state index contributed by atoms with van der Waals surface area (Å²) in [4.78, 5) is 13.9. The molecule has 4 nitrogen and oxygen atoms in total. The fourth-order valence-corrected chi connectivity index (χ4v) is 5.35. The van der Waals surface area contributed by atoms with Gasteiger partial charge in [0.05, 0.1) is 5.56 Å². The lowest BCUT2D eigenvalue weighted by Gasteiger charge is -2.26. The standard InChI is InChI=1S/C22H28O4S/c1-2-16(20-4-3-11-27-20)21-18(23)13-19(26-22(21)24)17(15-5-6-15)12-14-7-9-25-10-8-14/h3-4,11,13-17,23H,2,5-10,12H2,1H3. The van der Waals surface area contributed by atoms with E-state index in [1.807, 2.05) is 24.4 Å². The Morgan fingerprint density at radius 3 is 2.63 bits per heavy atom. The zero-order valence-corrected chi connectivity index (χ0v) is 16.7. The van der Waals surface area contributed by atoms with Gasteiger partial charge in [0.15, 0.2) is 0 Å². The number of ether oxygens (including phenoxy) is 1. The molecule has 1 N–H and O–H groups in total. The molecule has 1 aliphatic heterocycles. The van der Waals surface area contributed by atoms with Gasteiger partial charge in [0.1, 0.15) is 11.5 Å². The molecule has 0 spiro atoms. The second-order valence-corrected chi connectivity index (χ2v) is 8.93. The number of hydrogen-bond donors (Lipinski definition) is 1. The molecule has 4 rings (SSSR count). The van der Waals surface area contributed by atoms with E-state index in [1.54, 1.807) is 17.4 Å². The van der Waals surface area contributed by atoms with Crippen LogP contribution >= 0.6 is 11.3 Å². The number of thiophene rings is 1. The molecule has 2 unspecified atom stereocenters. The van der Waals surface area contributed by atoms with Crippen molar-refractivity contribution < 1.29 is 14.3 Å². The van der Waals surface area contributed by atoms with Crippen LogP contribution in [0.4, 0.5) is 0 Å². The maximum Gasteiger partial charge on any atom is 0.343 e. The summed E-state index contributed by atoms with van der Waals surface area (Å²) in [6.07, 6.45) is 6.31. The zero-order valence-electron chi connectivity index (χ0n) is 15.9. The highest BCUT2D eigenvalue weighted by atomic mass is 32.1. The molecule has 146 valence electrons. The minimum Gasteiger partial charge on any atom is -0.507 e. The molecule has 0 bridgehead atoms. The molecule has 1 saturated heterocycles. The Hall–Kier alpha value is -1.59. The average molecular weight is 389 g/mol. The molecule has 2 aromatic rings. The predicted molar refractivity (Wildman–Crippen MR) is 107 cm³/mol. The summed E-state index contributed by atoms with van der Waals surface area (Å²) in [6.45, 7) is 3.69. The van der Waals surface area contributed by atoms with Gasteiger partial charge in [-0.25, -0.2) is 4.79 Å². The van der Waals surface area contributed by atoms with Crippen molar-refractivity contribution in [2.24, 2.45) is 11.8 Å². The van der Waals surface area contributed by atoms with Crippen LogP contribution in [-0.4, -0.2) is 18.3 Å². The molecule has 27 heavy (non-hydrogen) atoms. The van der Waals surface area contributed by atoms with E-state index in [4.69, 9.17) is 9.15 Å². The van der Waals surface area contributed by atoms with Gasteiger partial charge < -0.3 is 14.3 Å². The SMILES string of the molecule is CCC(c1cccs1)c1c(O)cc(C(CC2CCOCC2)C2CC2)oc1=O. The third kappa shape index (κ3) is 4.14. The van der Waals surface area contributed by atoms with Crippen molar-refractivity contribution in [3.63, 3.8) is 0 Å². The lowest BCUT2D eigenvalue weighted by molar-refractivity contribution is 0.0599. The Morgan fingerprint density at radius 2 is 2.04 bits per heavy atom. The van der Waals surface area contributed by atoms with Gasteiger partial charge in [-0.1, -0.05) is 13.0 Å². The lowest BCUT2D eigenvalue weighted by Crippen LogP contribution is -2.20. The van der Waals surface area contributed by atoms with E-state index in [-0.39, 0.29) is 23.2 Å². The molecule has 0 radical (unpaired) electrons. The van der Waals surface area contributed by atoms with E-state index in [1.165, 1.54) is 12.8 Å². The molecule has 0 aromatic carbocycles. The van der Waals surface area contributed by atoms with E-state index >= 15 is 0 Å². The van der Waals surface area contributed by atoms with Gasteiger partial charge in [-0.15, -0.1) is 11.3 Å². The maximum atomic E-state index is 12.9. The monoisotopic (exact) mass is 388 g/mol. The highest BCUT2D eigenvalue weighted by Gasteiger charge is 2.37. The summed E-state index contributed by atoms with van der Waals surface area (Å²) in [5.41, 5.74) is 0.0344. The number of aromatic hydroxyl groups is 1. The molecular formula is C22H28O4S. The molecule has 1 aliphatic carbocycles. The van der Waals surface area contributed by atoms with E-state index in [2.05, 4.69) is 0 Å². The van der Waals surface area contributed by atoms with E-state index in [9.17, 15) is 9.90 Å². The first-order valence-electron chi connectivity index (χ1n) is 10.2. The third-order valence-electron chi connectivity index (χ3n) is 6.11. The Morgan fingerprint density at radius 1 is 1.26 bits per heavy atom. The quantitative estimate of drug-likeness (QED) is 0.703. The third-order valence-corrected chi connectivity index (χ3v) is 7.10. The Labute approximate surface area is 164 Å². The largest absolute Gasteiger partial charge is 0.507 e. The van der Waals surface area contributed by atoms with E-state index in [0.717, 1.165) is 43.8 Å². The average Bonchev–Trinajstić information content (AvgIpc) is 3.37. The van der Waals surface area contributed by atoms with Gasteiger partial charge in [-0.2, -0.15) is 0 Å². The summed E-state index contributed by atoms with van der Waals surface area (Å²) in [7, 11) is 0. The summed E-state index contributed by atoms with van der Waals surface area (Å²) in [5, 5.41) is 12.8. The molecule has 2 aromatic heterocycles.